The quantitative estimate of drug-likeness (QED) is 0.782. The lowest BCUT2D eigenvalue weighted by atomic mass is 10.1. The summed E-state index contributed by atoms with van der Waals surface area (Å²) < 4.78 is 23.3. The minimum atomic E-state index is -3.03. The first-order valence-corrected chi connectivity index (χ1v) is 10.2. The molecular formula is C15H24N2O3S2. The lowest BCUT2D eigenvalue weighted by Gasteiger charge is -2.26. The van der Waals surface area contributed by atoms with Crippen molar-refractivity contribution in [3.05, 3.63) is 21.9 Å². The summed E-state index contributed by atoms with van der Waals surface area (Å²) in [5.74, 6) is -0.236. The first-order valence-electron chi connectivity index (χ1n) is 7.45. The Kier molecular flexibility index (Phi) is 5.63. The Morgan fingerprint density at radius 2 is 2.09 bits per heavy atom. The van der Waals surface area contributed by atoms with Gasteiger partial charge in [-0.3, -0.25) is 4.79 Å². The molecule has 1 aliphatic heterocycles. The standard InChI is InChI=1S/C15H24N2O3S2/c1-12-4-8-21-14(12)10-17(7-6-16(2)3)15(18)13-5-9-22(19,20)11-13/h4,8,13H,5-7,9-11H2,1-3H3. The largest absolute Gasteiger partial charge is 0.336 e. The Bertz CT molecular complexity index is 622. The summed E-state index contributed by atoms with van der Waals surface area (Å²) in [5, 5.41) is 2.03. The van der Waals surface area contributed by atoms with E-state index in [0.717, 1.165) is 6.54 Å². The van der Waals surface area contributed by atoms with Gasteiger partial charge in [-0.2, -0.15) is 0 Å². The molecule has 1 amide bonds. The number of amides is 1. The van der Waals surface area contributed by atoms with Crippen molar-refractivity contribution in [3.63, 3.8) is 0 Å². The summed E-state index contributed by atoms with van der Waals surface area (Å²) in [6.45, 7) is 4.02. The van der Waals surface area contributed by atoms with Crippen LogP contribution < -0.4 is 0 Å². The van der Waals surface area contributed by atoms with Crippen LogP contribution in [0.2, 0.25) is 0 Å². The molecular weight excluding hydrogens is 320 g/mol. The molecule has 0 saturated carbocycles. The number of likely N-dealkylation sites (N-methyl/N-ethyl adjacent to an activating group) is 1. The number of nitrogens with zero attached hydrogens (tertiary/aromatic N) is 2. The van der Waals surface area contributed by atoms with E-state index >= 15 is 0 Å². The first-order chi connectivity index (χ1) is 10.3. The van der Waals surface area contributed by atoms with Crippen LogP contribution in [0.1, 0.15) is 16.9 Å². The summed E-state index contributed by atoms with van der Waals surface area (Å²) in [5.41, 5.74) is 1.19. The van der Waals surface area contributed by atoms with Gasteiger partial charge in [0.05, 0.1) is 24.0 Å². The fraction of sp³-hybridized carbons (Fsp3) is 0.667. The predicted octanol–water partition coefficient (Wildman–Crippen LogP) is 1.38. The van der Waals surface area contributed by atoms with E-state index in [-0.39, 0.29) is 23.3 Å². The van der Waals surface area contributed by atoms with E-state index < -0.39 is 9.84 Å². The van der Waals surface area contributed by atoms with E-state index in [9.17, 15) is 13.2 Å². The molecule has 1 saturated heterocycles. The highest BCUT2D eigenvalue weighted by Crippen LogP contribution is 2.23. The Hall–Kier alpha value is -0.920. The van der Waals surface area contributed by atoms with Gasteiger partial charge in [-0.05, 0) is 44.4 Å². The van der Waals surface area contributed by atoms with Crippen LogP contribution in [-0.4, -0.2) is 62.8 Å². The molecule has 1 unspecified atom stereocenters. The fourth-order valence-electron chi connectivity index (χ4n) is 2.58. The Labute approximate surface area is 136 Å². The van der Waals surface area contributed by atoms with Gasteiger partial charge in [0, 0.05) is 18.0 Å². The minimum Gasteiger partial charge on any atom is -0.336 e. The normalized spacial score (nSPS) is 20.5. The average Bonchev–Trinajstić information content (AvgIpc) is 2.99. The maximum absolute atomic E-state index is 12.7. The van der Waals surface area contributed by atoms with E-state index in [0.29, 0.717) is 19.5 Å². The van der Waals surface area contributed by atoms with Crippen molar-refractivity contribution in [1.29, 1.82) is 0 Å². The molecule has 1 atom stereocenters. The van der Waals surface area contributed by atoms with Gasteiger partial charge >= 0.3 is 0 Å². The Morgan fingerprint density at radius 3 is 2.59 bits per heavy atom. The maximum Gasteiger partial charge on any atom is 0.227 e. The fourth-order valence-corrected chi connectivity index (χ4v) is 5.23. The van der Waals surface area contributed by atoms with Gasteiger partial charge in [0.1, 0.15) is 0 Å². The number of hydrogen-bond donors (Lipinski definition) is 0. The molecule has 5 nitrogen and oxygen atoms in total. The molecule has 0 N–H and O–H groups in total. The third-order valence-electron chi connectivity index (χ3n) is 4.01. The first kappa shape index (κ1) is 17.4. The molecule has 0 aliphatic carbocycles. The molecule has 1 fully saturated rings. The summed E-state index contributed by atoms with van der Waals surface area (Å²) in [6, 6.07) is 2.05. The van der Waals surface area contributed by atoms with Crippen molar-refractivity contribution in [2.75, 3.05) is 38.7 Å². The van der Waals surface area contributed by atoms with Crippen molar-refractivity contribution < 1.29 is 13.2 Å². The van der Waals surface area contributed by atoms with Gasteiger partial charge in [0.2, 0.25) is 5.91 Å². The molecule has 124 valence electrons. The topological polar surface area (TPSA) is 57.7 Å². The highest BCUT2D eigenvalue weighted by molar-refractivity contribution is 7.91. The van der Waals surface area contributed by atoms with Gasteiger partial charge in [0.15, 0.2) is 9.84 Å². The Balaban J connectivity index is 2.09. The van der Waals surface area contributed by atoms with Crippen LogP contribution in [0.15, 0.2) is 11.4 Å². The van der Waals surface area contributed by atoms with Crippen molar-refractivity contribution in [1.82, 2.24) is 9.80 Å². The monoisotopic (exact) mass is 344 g/mol. The molecule has 1 aromatic rings. The van der Waals surface area contributed by atoms with Gasteiger partial charge in [-0.1, -0.05) is 0 Å². The summed E-state index contributed by atoms with van der Waals surface area (Å²) >= 11 is 1.65. The summed E-state index contributed by atoms with van der Waals surface area (Å²) in [6.07, 6.45) is 0.461. The van der Waals surface area contributed by atoms with E-state index in [1.54, 1.807) is 11.3 Å². The lowest BCUT2D eigenvalue weighted by molar-refractivity contribution is -0.135. The molecule has 0 aromatic carbocycles. The predicted molar refractivity (Wildman–Crippen MR) is 89.8 cm³/mol. The lowest BCUT2D eigenvalue weighted by Crippen LogP contribution is -2.40. The third-order valence-corrected chi connectivity index (χ3v) is 6.79. The number of rotatable bonds is 6. The third kappa shape index (κ3) is 4.54. The van der Waals surface area contributed by atoms with Crippen LogP contribution in [0.4, 0.5) is 0 Å². The van der Waals surface area contributed by atoms with Gasteiger partial charge in [-0.15, -0.1) is 11.3 Å². The molecule has 0 radical (unpaired) electrons. The number of carbonyl (C=O) groups is 1. The number of aryl methyl sites for hydroxylation is 1. The van der Waals surface area contributed by atoms with E-state index in [2.05, 4.69) is 6.07 Å². The highest BCUT2D eigenvalue weighted by atomic mass is 32.2. The van der Waals surface area contributed by atoms with Crippen molar-refractivity contribution >= 4 is 27.1 Å². The summed E-state index contributed by atoms with van der Waals surface area (Å²) in [7, 11) is 0.912. The number of hydrogen-bond acceptors (Lipinski definition) is 5. The van der Waals surface area contributed by atoms with Crippen molar-refractivity contribution in [2.45, 2.75) is 19.9 Å². The van der Waals surface area contributed by atoms with Crippen LogP contribution >= 0.6 is 11.3 Å². The van der Waals surface area contributed by atoms with E-state index in [4.69, 9.17) is 0 Å². The number of sulfone groups is 1. The molecule has 2 heterocycles. The minimum absolute atomic E-state index is 0.00766. The number of carbonyl (C=O) groups excluding carboxylic acids is 1. The zero-order chi connectivity index (χ0) is 16.3. The van der Waals surface area contributed by atoms with Gasteiger partial charge in [-0.25, -0.2) is 8.42 Å². The van der Waals surface area contributed by atoms with Gasteiger partial charge in [0.25, 0.3) is 0 Å². The van der Waals surface area contributed by atoms with Crippen molar-refractivity contribution in [2.24, 2.45) is 5.92 Å². The molecule has 0 spiro atoms. The maximum atomic E-state index is 12.7. The molecule has 7 heteroatoms. The molecule has 1 aliphatic rings. The number of thiophene rings is 1. The molecule has 2 rings (SSSR count). The second-order valence-electron chi connectivity index (χ2n) is 6.19. The highest BCUT2D eigenvalue weighted by Gasteiger charge is 2.35. The molecule has 1 aromatic heterocycles. The van der Waals surface area contributed by atoms with Crippen LogP contribution in [0.5, 0.6) is 0 Å². The SMILES string of the molecule is Cc1ccsc1CN(CCN(C)C)C(=O)C1CCS(=O)(=O)C1. The zero-order valence-corrected chi connectivity index (χ0v) is 15.0. The van der Waals surface area contributed by atoms with E-state index in [1.807, 2.05) is 36.2 Å². The summed E-state index contributed by atoms with van der Waals surface area (Å²) in [4.78, 5) is 17.8. The smallest absolute Gasteiger partial charge is 0.227 e. The van der Waals surface area contributed by atoms with Crippen molar-refractivity contribution in [3.8, 4) is 0 Å². The second-order valence-corrected chi connectivity index (χ2v) is 9.42. The van der Waals surface area contributed by atoms with Crippen LogP contribution in [0.3, 0.4) is 0 Å². The molecule has 0 bridgehead atoms. The zero-order valence-electron chi connectivity index (χ0n) is 13.4. The second kappa shape index (κ2) is 7.10. The van der Waals surface area contributed by atoms with Crippen LogP contribution in [0.25, 0.3) is 0 Å². The van der Waals surface area contributed by atoms with Gasteiger partial charge < -0.3 is 9.80 Å². The van der Waals surface area contributed by atoms with Crippen LogP contribution in [0, 0.1) is 12.8 Å². The van der Waals surface area contributed by atoms with Crippen LogP contribution in [-0.2, 0) is 21.2 Å². The Morgan fingerprint density at radius 1 is 1.36 bits per heavy atom. The molecule has 22 heavy (non-hydrogen) atoms. The average molecular weight is 345 g/mol. The van der Waals surface area contributed by atoms with E-state index in [1.165, 1.54) is 10.4 Å².